The second kappa shape index (κ2) is 14.9. The molecule has 1 N–H and O–H groups in total. The summed E-state index contributed by atoms with van der Waals surface area (Å²) in [6.07, 6.45) is 10.6. The molecule has 0 amide bonds. The van der Waals surface area contributed by atoms with E-state index < -0.39 is 0 Å². The van der Waals surface area contributed by atoms with Gasteiger partial charge in [0, 0.05) is 13.2 Å². The molecule has 16 heavy (non-hydrogen) atoms. The summed E-state index contributed by atoms with van der Waals surface area (Å²) in [6, 6.07) is 0. The molecule has 0 radical (unpaired) electrons. The standard InChI is InChI=1S/C14H31NO/c1-3-5-7-8-10-13-16-14-12-15-11-9-6-4-2/h15H,3-14H2,1-2H3. The van der Waals surface area contributed by atoms with Crippen LogP contribution in [0.1, 0.15) is 65.2 Å². The van der Waals surface area contributed by atoms with E-state index in [0.29, 0.717) is 0 Å². The van der Waals surface area contributed by atoms with Crippen LogP contribution in [-0.2, 0) is 4.74 Å². The smallest absolute Gasteiger partial charge is 0.0590 e. The van der Waals surface area contributed by atoms with E-state index in [0.717, 1.165) is 26.3 Å². The Bertz CT molecular complexity index is 103. The summed E-state index contributed by atoms with van der Waals surface area (Å²) in [5.41, 5.74) is 0. The monoisotopic (exact) mass is 229 g/mol. The lowest BCUT2D eigenvalue weighted by Gasteiger charge is -2.05. The van der Waals surface area contributed by atoms with Gasteiger partial charge < -0.3 is 10.1 Å². The minimum absolute atomic E-state index is 0.875. The molecule has 0 aliphatic carbocycles. The van der Waals surface area contributed by atoms with Gasteiger partial charge in [0.2, 0.25) is 0 Å². The first-order valence-electron chi connectivity index (χ1n) is 7.20. The number of rotatable bonds is 13. The van der Waals surface area contributed by atoms with Crippen LogP contribution in [-0.4, -0.2) is 26.3 Å². The highest BCUT2D eigenvalue weighted by atomic mass is 16.5. The normalized spacial score (nSPS) is 10.9. The highest BCUT2D eigenvalue weighted by molar-refractivity contribution is 4.47. The van der Waals surface area contributed by atoms with E-state index in [4.69, 9.17) is 4.74 Å². The number of unbranched alkanes of at least 4 members (excludes halogenated alkanes) is 6. The first-order valence-corrected chi connectivity index (χ1v) is 7.20. The molecule has 0 aliphatic heterocycles. The minimum atomic E-state index is 0.875. The number of ether oxygens (including phenoxy) is 1. The van der Waals surface area contributed by atoms with Gasteiger partial charge in [-0.2, -0.15) is 0 Å². The topological polar surface area (TPSA) is 21.3 Å². The van der Waals surface area contributed by atoms with Crippen molar-refractivity contribution in [2.75, 3.05) is 26.3 Å². The van der Waals surface area contributed by atoms with Crippen LogP contribution >= 0.6 is 0 Å². The van der Waals surface area contributed by atoms with Gasteiger partial charge in [-0.05, 0) is 19.4 Å². The van der Waals surface area contributed by atoms with Crippen LogP contribution < -0.4 is 5.32 Å². The Hall–Kier alpha value is -0.0800. The van der Waals surface area contributed by atoms with Crippen molar-refractivity contribution in [2.24, 2.45) is 0 Å². The summed E-state index contributed by atoms with van der Waals surface area (Å²) in [7, 11) is 0. The maximum absolute atomic E-state index is 5.56. The third kappa shape index (κ3) is 13.9. The molecule has 2 heteroatoms. The summed E-state index contributed by atoms with van der Waals surface area (Å²) in [6.45, 7) is 8.47. The Kier molecular flexibility index (Phi) is 14.8. The first kappa shape index (κ1) is 15.9. The second-order valence-electron chi connectivity index (χ2n) is 4.48. The summed E-state index contributed by atoms with van der Waals surface area (Å²) < 4.78 is 5.56. The zero-order valence-corrected chi connectivity index (χ0v) is 11.4. The average Bonchev–Trinajstić information content (AvgIpc) is 2.31. The Morgan fingerprint density at radius 3 is 2.12 bits per heavy atom. The number of hydrogen-bond donors (Lipinski definition) is 1. The van der Waals surface area contributed by atoms with E-state index in [-0.39, 0.29) is 0 Å². The fraction of sp³-hybridized carbons (Fsp3) is 1.00. The summed E-state index contributed by atoms with van der Waals surface area (Å²) in [4.78, 5) is 0. The molecule has 0 fully saturated rings. The van der Waals surface area contributed by atoms with Gasteiger partial charge in [-0.25, -0.2) is 0 Å². The van der Waals surface area contributed by atoms with Crippen LogP contribution in [0.3, 0.4) is 0 Å². The lowest BCUT2D eigenvalue weighted by molar-refractivity contribution is 0.131. The molecule has 0 unspecified atom stereocenters. The third-order valence-electron chi connectivity index (χ3n) is 2.77. The summed E-state index contributed by atoms with van der Waals surface area (Å²) >= 11 is 0. The van der Waals surface area contributed by atoms with Crippen molar-refractivity contribution in [1.82, 2.24) is 5.32 Å². The highest BCUT2D eigenvalue weighted by Gasteiger charge is 1.91. The molecule has 0 aromatic rings. The van der Waals surface area contributed by atoms with E-state index in [2.05, 4.69) is 19.2 Å². The lowest BCUT2D eigenvalue weighted by Crippen LogP contribution is -2.21. The molecular weight excluding hydrogens is 198 g/mol. The van der Waals surface area contributed by atoms with E-state index in [1.807, 2.05) is 0 Å². The van der Waals surface area contributed by atoms with Crippen LogP contribution in [0.25, 0.3) is 0 Å². The van der Waals surface area contributed by atoms with Gasteiger partial charge in [-0.1, -0.05) is 52.4 Å². The zero-order valence-electron chi connectivity index (χ0n) is 11.4. The van der Waals surface area contributed by atoms with Gasteiger partial charge in [0.1, 0.15) is 0 Å². The molecule has 0 bridgehead atoms. The molecule has 0 rings (SSSR count). The van der Waals surface area contributed by atoms with Crippen LogP contribution in [0, 0.1) is 0 Å². The first-order chi connectivity index (χ1) is 7.91. The molecule has 0 spiro atoms. The Morgan fingerprint density at radius 2 is 1.38 bits per heavy atom. The molecule has 0 saturated carbocycles. The van der Waals surface area contributed by atoms with Crippen LogP contribution in [0.15, 0.2) is 0 Å². The molecule has 98 valence electrons. The quantitative estimate of drug-likeness (QED) is 0.486. The van der Waals surface area contributed by atoms with Gasteiger partial charge in [-0.3, -0.25) is 0 Å². The maximum Gasteiger partial charge on any atom is 0.0590 e. The van der Waals surface area contributed by atoms with Crippen molar-refractivity contribution in [3.8, 4) is 0 Å². The molecule has 0 heterocycles. The van der Waals surface area contributed by atoms with Crippen LogP contribution in [0.2, 0.25) is 0 Å². The van der Waals surface area contributed by atoms with Crippen molar-refractivity contribution in [3.05, 3.63) is 0 Å². The zero-order chi connectivity index (χ0) is 11.9. The predicted molar refractivity (Wildman–Crippen MR) is 72.0 cm³/mol. The Morgan fingerprint density at radius 1 is 0.688 bits per heavy atom. The van der Waals surface area contributed by atoms with Crippen molar-refractivity contribution < 1.29 is 4.74 Å². The van der Waals surface area contributed by atoms with Crippen LogP contribution in [0.5, 0.6) is 0 Å². The largest absolute Gasteiger partial charge is 0.380 e. The number of nitrogens with one attached hydrogen (secondary N) is 1. The maximum atomic E-state index is 5.56. The fourth-order valence-electron chi connectivity index (χ4n) is 1.68. The molecule has 0 saturated heterocycles. The van der Waals surface area contributed by atoms with Crippen molar-refractivity contribution in [1.29, 1.82) is 0 Å². The van der Waals surface area contributed by atoms with E-state index in [1.165, 1.54) is 51.4 Å². The second-order valence-corrected chi connectivity index (χ2v) is 4.48. The molecule has 2 nitrogen and oxygen atoms in total. The van der Waals surface area contributed by atoms with Crippen LogP contribution in [0.4, 0.5) is 0 Å². The molecular formula is C14H31NO. The van der Waals surface area contributed by atoms with E-state index >= 15 is 0 Å². The molecule has 0 atom stereocenters. The van der Waals surface area contributed by atoms with Gasteiger partial charge >= 0.3 is 0 Å². The van der Waals surface area contributed by atoms with Crippen molar-refractivity contribution in [2.45, 2.75) is 65.2 Å². The summed E-state index contributed by atoms with van der Waals surface area (Å²) in [5.74, 6) is 0. The van der Waals surface area contributed by atoms with Gasteiger partial charge in [0.15, 0.2) is 0 Å². The predicted octanol–water partition coefficient (Wildman–Crippen LogP) is 3.75. The SMILES string of the molecule is CCCCCCCOCCNCCCCC. The number of hydrogen-bond acceptors (Lipinski definition) is 2. The molecule has 0 aliphatic rings. The van der Waals surface area contributed by atoms with Crippen molar-refractivity contribution >= 4 is 0 Å². The minimum Gasteiger partial charge on any atom is -0.380 e. The van der Waals surface area contributed by atoms with Crippen molar-refractivity contribution in [3.63, 3.8) is 0 Å². The lowest BCUT2D eigenvalue weighted by atomic mass is 10.2. The average molecular weight is 229 g/mol. The van der Waals surface area contributed by atoms with Gasteiger partial charge in [-0.15, -0.1) is 0 Å². The van der Waals surface area contributed by atoms with E-state index in [1.54, 1.807) is 0 Å². The Labute approximate surface area is 102 Å². The van der Waals surface area contributed by atoms with Gasteiger partial charge in [0.25, 0.3) is 0 Å². The molecule has 0 aromatic heterocycles. The Balaban J connectivity index is 2.83. The molecule has 0 aromatic carbocycles. The highest BCUT2D eigenvalue weighted by Crippen LogP contribution is 2.01. The fourth-order valence-corrected chi connectivity index (χ4v) is 1.68. The third-order valence-corrected chi connectivity index (χ3v) is 2.77. The summed E-state index contributed by atoms with van der Waals surface area (Å²) in [5, 5.41) is 3.41. The van der Waals surface area contributed by atoms with Gasteiger partial charge in [0.05, 0.1) is 6.61 Å². The van der Waals surface area contributed by atoms with E-state index in [9.17, 15) is 0 Å².